The number of hydrogen-bond donors (Lipinski definition) is 3. The van der Waals surface area contributed by atoms with E-state index >= 15 is 0 Å². The number of nitrogens with one attached hydrogen (secondary N) is 1. The van der Waals surface area contributed by atoms with Crippen LogP contribution in [0.3, 0.4) is 0 Å². The summed E-state index contributed by atoms with van der Waals surface area (Å²) in [6.45, 7) is 1.45. The molecular weight excluding hydrogens is 282 g/mol. The average Bonchev–Trinajstić information content (AvgIpc) is 2.36. The van der Waals surface area contributed by atoms with Crippen LogP contribution in [-0.4, -0.2) is 33.9 Å². The second kappa shape index (κ2) is 6.46. The number of carboxylic acids is 1. The van der Waals surface area contributed by atoms with Crippen molar-refractivity contribution in [3.8, 4) is 0 Å². The highest BCUT2D eigenvalue weighted by molar-refractivity contribution is 5.98. The lowest BCUT2D eigenvalue weighted by molar-refractivity contribution is -0.385. The third-order valence-corrected chi connectivity index (χ3v) is 2.66. The standard InChI is InChI=1S/C12H13N3O6/c1-6-4-7(2-3-9(6)15(20)21)11(17)14-8(12(18)19)5-10(13)16/h2-4,8H,5H2,1H3,(H2,13,16)(H,14,17)(H,18,19). The number of carboxylic acid groups (broad SMARTS) is 1. The number of aliphatic carboxylic acids is 1. The highest BCUT2D eigenvalue weighted by atomic mass is 16.6. The first-order chi connectivity index (χ1) is 9.72. The molecule has 1 atom stereocenters. The van der Waals surface area contributed by atoms with Crippen LogP contribution >= 0.6 is 0 Å². The predicted molar refractivity (Wildman–Crippen MR) is 70.5 cm³/mol. The van der Waals surface area contributed by atoms with Gasteiger partial charge in [0.25, 0.3) is 11.6 Å². The van der Waals surface area contributed by atoms with Crippen LogP contribution in [0.1, 0.15) is 22.3 Å². The summed E-state index contributed by atoms with van der Waals surface area (Å²) in [4.78, 5) is 43.6. The van der Waals surface area contributed by atoms with Crippen LogP contribution in [0, 0.1) is 17.0 Å². The molecule has 112 valence electrons. The van der Waals surface area contributed by atoms with E-state index in [1.807, 2.05) is 0 Å². The zero-order chi connectivity index (χ0) is 16.2. The minimum atomic E-state index is -1.45. The van der Waals surface area contributed by atoms with Crippen molar-refractivity contribution in [1.82, 2.24) is 5.32 Å². The lowest BCUT2D eigenvalue weighted by Gasteiger charge is -2.13. The largest absolute Gasteiger partial charge is 0.480 e. The van der Waals surface area contributed by atoms with Gasteiger partial charge in [-0.1, -0.05) is 0 Å². The van der Waals surface area contributed by atoms with Gasteiger partial charge in [-0.15, -0.1) is 0 Å². The Bertz CT molecular complexity index is 613. The molecule has 0 heterocycles. The average molecular weight is 295 g/mol. The highest BCUT2D eigenvalue weighted by Crippen LogP contribution is 2.18. The Morgan fingerprint density at radius 3 is 2.48 bits per heavy atom. The second-order valence-corrected chi connectivity index (χ2v) is 4.29. The van der Waals surface area contributed by atoms with E-state index in [0.717, 1.165) is 6.07 Å². The van der Waals surface area contributed by atoms with Crippen molar-refractivity contribution in [1.29, 1.82) is 0 Å². The van der Waals surface area contributed by atoms with Gasteiger partial charge >= 0.3 is 5.97 Å². The number of primary amides is 1. The van der Waals surface area contributed by atoms with Crippen LogP contribution in [0.2, 0.25) is 0 Å². The summed E-state index contributed by atoms with van der Waals surface area (Å²) in [6, 6.07) is 2.15. The van der Waals surface area contributed by atoms with E-state index in [-0.39, 0.29) is 16.8 Å². The first-order valence-electron chi connectivity index (χ1n) is 5.79. The molecule has 0 aliphatic carbocycles. The summed E-state index contributed by atoms with van der Waals surface area (Å²) in [5.41, 5.74) is 5.05. The number of aryl methyl sites for hydroxylation is 1. The molecule has 2 amide bonds. The molecule has 0 bridgehead atoms. The van der Waals surface area contributed by atoms with Crippen molar-refractivity contribution < 1.29 is 24.4 Å². The number of benzene rings is 1. The number of carbonyl (C=O) groups excluding carboxylic acids is 2. The number of carbonyl (C=O) groups is 3. The monoisotopic (exact) mass is 295 g/mol. The molecule has 4 N–H and O–H groups in total. The molecule has 0 saturated carbocycles. The molecule has 1 aromatic carbocycles. The van der Waals surface area contributed by atoms with Crippen LogP contribution in [0.25, 0.3) is 0 Å². The maximum atomic E-state index is 11.9. The molecule has 1 rings (SSSR count). The quantitative estimate of drug-likeness (QED) is 0.494. The van der Waals surface area contributed by atoms with Crippen LogP contribution in [0.5, 0.6) is 0 Å². The number of nitrogens with two attached hydrogens (primary N) is 1. The maximum absolute atomic E-state index is 11.9. The Morgan fingerprint density at radius 2 is 2.05 bits per heavy atom. The number of nitrogens with zero attached hydrogens (tertiary/aromatic N) is 1. The number of amides is 2. The zero-order valence-corrected chi connectivity index (χ0v) is 11.0. The Hall–Kier alpha value is -2.97. The molecular formula is C12H13N3O6. The predicted octanol–water partition coefficient (Wildman–Crippen LogP) is -0.0384. The van der Waals surface area contributed by atoms with Crippen molar-refractivity contribution in [2.75, 3.05) is 0 Å². The fourth-order valence-electron chi connectivity index (χ4n) is 1.64. The van der Waals surface area contributed by atoms with Crippen molar-refractivity contribution in [2.24, 2.45) is 5.73 Å². The molecule has 9 nitrogen and oxygen atoms in total. The molecule has 0 saturated heterocycles. The van der Waals surface area contributed by atoms with Crippen molar-refractivity contribution >= 4 is 23.5 Å². The fourth-order valence-corrected chi connectivity index (χ4v) is 1.64. The summed E-state index contributed by atoms with van der Waals surface area (Å²) in [5, 5.41) is 21.7. The highest BCUT2D eigenvalue weighted by Gasteiger charge is 2.23. The van der Waals surface area contributed by atoms with Crippen molar-refractivity contribution in [3.05, 3.63) is 39.4 Å². The first kappa shape index (κ1) is 16.1. The minimum Gasteiger partial charge on any atom is -0.480 e. The normalized spacial score (nSPS) is 11.5. The molecule has 0 spiro atoms. The third kappa shape index (κ3) is 4.27. The Labute approximate surface area is 118 Å². The summed E-state index contributed by atoms with van der Waals surface area (Å²) < 4.78 is 0. The molecule has 1 aromatic rings. The smallest absolute Gasteiger partial charge is 0.326 e. The van der Waals surface area contributed by atoms with Gasteiger partial charge in [0.05, 0.1) is 11.3 Å². The van der Waals surface area contributed by atoms with Gasteiger partial charge in [-0.3, -0.25) is 19.7 Å². The van der Waals surface area contributed by atoms with E-state index in [1.165, 1.54) is 19.1 Å². The Morgan fingerprint density at radius 1 is 1.43 bits per heavy atom. The number of rotatable bonds is 6. The van der Waals surface area contributed by atoms with Crippen molar-refractivity contribution in [3.63, 3.8) is 0 Å². The van der Waals surface area contributed by atoms with E-state index in [0.29, 0.717) is 0 Å². The summed E-state index contributed by atoms with van der Waals surface area (Å²) in [5.74, 6) is -3.04. The van der Waals surface area contributed by atoms with Crippen LogP contribution in [0.15, 0.2) is 18.2 Å². The molecule has 0 aliphatic rings. The van der Waals surface area contributed by atoms with E-state index in [1.54, 1.807) is 0 Å². The van der Waals surface area contributed by atoms with Crippen LogP contribution < -0.4 is 11.1 Å². The first-order valence-corrected chi connectivity index (χ1v) is 5.79. The van der Waals surface area contributed by atoms with Gasteiger partial charge in [0.1, 0.15) is 6.04 Å². The topological polar surface area (TPSA) is 153 Å². The van der Waals surface area contributed by atoms with Gasteiger partial charge in [-0.25, -0.2) is 4.79 Å². The van der Waals surface area contributed by atoms with E-state index in [9.17, 15) is 24.5 Å². The summed E-state index contributed by atoms with van der Waals surface area (Å²) >= 11 is 0. The van der Waals surface area contributed by atoms with E-state index < -0.39 is 35.2 Å². The van der Waals surface area contributed by atoms with Gasteiger partial charge < -0.3 is 16.2 Å². The molecule has 0 aromatic heterocycles. The molecule has 1 unspecified atom stereocenters. The third-order valence-electron chi connectivity index (χ3n) is 2.66. The summed E-state index contributed by atoms with van der Waals surface area (Å²) in [7, 11) is 0. The second-order valence-electron chi connectivity index (χ2n) is 4.29. The Balaban J connectivity index is 2.93. The van der Waals surface area contributed by atoms with Crippen LogP contribution in [-0.2, 0) is 9.59 Å². The van der Waals surface area contributed by atoms with Gasteiger partial charge in [-0.05, 0) is 19.1 Å². The lowest BCUT2D eigenvalue weighted by atomic mass is 10.1. The van der Waals surface area contributed by atoms with E-state index in [2.05, 4.69) is 5.32 Å². The van der Waals surface area contributed by atoms with Gasteiger partial charge in [0, 0.05) is 17.2 Å². The number of nitro groups is 1. The molecule has 0 radical (unpaired) electrons. The zero-order valence-electron chi connectivity index (χ0n) is 11.0. The van der Waals surface area contributed by atoms with Gasteiger partial charge in [0.15, 0.2) is 0 Å². The fraction of sp³-hybridized carbons (Fsp3) is 0.250. The minimum absolute atomic E-state index is 0.0498. The van der Waals surface area contributed by atoms with Gasteiger partial charge in [-0.2, -0.15) is 0 Å². The number of hydrogen-bond acceptors (Lipinski definition) is 5. The molecule has 9 heteroatoms. The lowest BCUT2D eigenvalue weighted by Crippen LogP contribution is -2.43. The number of nitro benzene ring substituents is 1. The van der Waals surface area contributed by atoms with Crippen LogP contribution in [0.4, 0.5) is 5.69 Å². The molecule has 21 heavy (non-hydrogen) atoms. The Kier molecular flexibility index (Phi) is 4.95. The maximum Gasteiger partial charge on any atom is 0.326 e. The van der Waals surface area contributed by atoms with Gasteiger partial charge in [0.2, 0.25) is 5.91 Å². The molecule has 0 fully saturated rings. The van der Waals surface area contributed by atoms with Crippen molar-refractivity contribution in [2.45, 2.75) is 19.4 Å². The SMILES string of the molecule is Cc1cc(C(=O)NC(CC(N)=O)C(=O)O)ccc1[N+](=O)[O-]. The van der Waals surface area contributed by atoms with E-state index in [4.69, 9.17) is 10.8 Å². The summed E-state index contributed by atoms with van der Waals surface area (Å²) in [6.07, 6.45) is -0.549. The molecule has 0 aliphatic heterocycles.